The smallest absolute Gasteiger partial charge is 0.273 e. The molecule has 0 saturated heterocycles. The highest BCUT2D eigenvalue weighted by molar-refractivity contribution is 5.99. The van der Waals surface area contributed by atoms with Crippen molar-refractivity contribution < 1.29 is 9.63 Å². The average Bonchev–Trinajstić information content (AvgIpc) is 2.72. The number of fused-ring (bicyclic) bond motifs is 1. The SMILES string of the molecule is CC(C)CONC(=O)c1cnn2ccccc12. The van der Waals surface area contributed by atoms with Crippen LogP contribution in [0.1, 0.15) is 24.2 Å². The Labute approximate surface area is 99.3 Å². The second-order valence-corrected chi connectivity index (χ2v) is 4.22. The van der Waals surface area contributed by atoms with E-state index < -0.39 is 0 Å². The molecule has 2 aromatic rings. The fourth-order valence-electron chi connectivity index (χ4n) is 1.44. The summed E-state index contributed by atoms with van der Waals surface area (Å²) in [6.07, 6.45) is 3.32. The van der Waals surface area contributed by atoms with E-state index in [0.29, 0.717) is 18.1 Å². The molecule has 0 aliphatic carbocycles. The van der Waals surface area contributed by atoms with Gasteiger partial charge in [-0.25, -0.2) is 10.00 Å². The summed E-state index contributed by atoms with van der Waals surface area (Å²) in [5, 5.41) is 4.08. The summed E-state index contributed by atoms with van der Waals surface area (Å²) in [5.74, 6) is 0.103. The van der Waals surface area contributed by atoms with E-state index in [2.05, 4.69) is 10.6 Å². The highest BCUT2D eigenvalue weighted by Gasteiger charge is 2.12. The van der Waals surface area contributed by atoms with Gasteiger partial charge in [-0.3, -0.25) is 9.63 Å². The number of hydroxylamine groups is 1. The van der Waals surface area contributed by atoms with Crippen LogP contribution in [-0.4, -0.2) is 22.1 Å². The molecule has 0 aliphatic rings. The van der Waals surface area contributed by atoms with Crippen molar-refractivity contribution in [2.45, 2.75) is 13.8 Å². The lowest BCUT2D eigenvalue weighted by Crippen LogP contribution is -2.25. The molecule has 0 aromatic carbocycles. The minimum Gasteiger partial charge on any atom is -0.273 e. The molecule has 0 unspecified atom stereocenters. The molecule has 17 heavy (non-hydrogen) atoms. The Morgan fingerprint density at radius 2 is 2.35 bits per heavy atom. The number of rotatable bonds is 4. The van der Waals surface area contributed by atoms with Gasteiger partial charge in [0.05, 0.1) is 23.9 Å². The van der Waals surface area contributed by atoms with E-state index in [-0.39, 0.29) is 5.91 Å². The molecule has 5 nitrogen and oxygen atoms in total. The molecule has 2 rings (SSSR count). The van der Waals surface area contributed by atoms with Crippen LogP contribution >= 0.6 is 0 Å². The third kappa shape index (κ3) is 2.62. The first-order chi connectivity index (χ1) is 8.18. The number of pyridine rings is 1. The number of nitrogens with one attached hydrogen (secondary N) is 1. The van der Waals surface area contributed by atoms with Crippen LogP contribution in [0.4, 0.5) is 0 Å². The predicted octanol–water partition coefficient (Wildman–Crippen LogP) is 1.65. The van der Waals surface area contributed by atoms with Gasteiger partial charge in [-0.1, -0.05) is 19.9 Å². The average molecular weight is 233 g/mol. The van der Waals surface area contributed by atoms with Gasteiger partial charge < -0.3 is 0 Å². The molecule has 90 valence electrons. The van der Waals surface area contributed by atoms with Crippen LogP contribution in [0, 0.1) is 5.92 Å². The fourth-order valence-corrected chi connectivity index (χ4v) is 1.44. The molecule has 2 heterocycles. The van der Waals surface area contributed by atoms with Crippen LogP contribution < -0.4 is 5.48 Å². The minimum atomic E-state index is -0.271. The van der Waals surface area contributed by atoms with Crippen LogP contribution in [0.15, 0.2) is 30.6 Å². The van der Waals surface area contributed by atoms with Crippen molar-refractivity contribution in [2.24, 2.45) is 5.92 Å². The molecule has 1 amide bonds. The van der Waals surface area contributed by atoms with E-state index in [9.17, 15) is 4.79 Å². The maximum atomic E-state index is 11.8. The van der Waals surface area contributed by atoms with Gasteiger partial charge in [0.15, 0.2) is 0 Å². The molecule has 5 heteroatoms. The Balaban J connectivity index is 2.09. The van der Waals surface area contributed by atoms with Gasteiger partial charge in [-0.05, 0) is 18.1 Å². The molecule has 1 N–H and O–H groups in total. The molecule has 0 bridgehead atoms. The summed E-state index contributed by atoms with van der Waals surface area (Å²) < 4.78 is 1.65. The van der Waals surface area contributed by atoms with Gasteiger partial charge in [-0.15, -0.1) is 0 Å². The van der Waals surface area contributed by atoms with Crippen molar-refractivity contribution in [3.8, 4) is 0 Å². The summed E-state index contributed by atoms with van der Waals surface area (Å²) in [6.45, 7) is 4.52. The van der Waals surface area contributed by atoms with E-state index in [0.717, 1.165) is 5.52 Å². The number of aromatic nitrogens is 2. The number of carbonyl (C=O) groups is 1. The van der Waals surface area contributed by atoms with E-state index in [1.165, 1.54) is 6.20 Å². The van der Waals surface area contributed by atoms with Gasteiger partial charge in [0, 0.05) is 6.20 Å². The fraction of sp³-hybridized carbons (Fsp3) is 0.333. The summed E-state index contributed by atoms with van der Waals surface area (Å²) in [6, 6.07) is 5.56. The van der Waals surface area contributed by atoms with Crippen molar-refractivity contribution in [2.75, 3.05) is 6.61 Å². The van der Waals surface area contributed by atoms with Gasteiger partial charge in [0.1, 0.15) is 0 Å². The Morgan fingerprint density at radius 1 is 1.53 bits per heavy atom. The van der Waals surface area contributed by atoms with Crippen molar-refractivity contribution in [3.05, 3.63) is 36.2 Å². The first-order valence-corrected chi connectivity index (χ1v) is 5.53. The predicted molar refractivity (Wildman–Crippen MR) is 63.4 cm³/mol. The molecular weight excluding hydrogens is 218 g/mol. The number of hydrogen-bond donors (Lipinski definition) is 1. The normalized spacial score (nSPS) is 11.0. The van der Waals surface area contributed by atoms with Crippen molar-refractivity contribution in [1.82, 2.24) is 15.1 Å². The number of hydrogen-bond acceptors (Lipinski definition) is 3. The first kappa shape index (κ1) is 11.6. The lowest BCUT2D eigenvalue weighted by molar-refractivity contribution is 0.0210. The van der Waals surface area contributed by atoms with E-state index in [1.807, 2.05) is 32.0 Å². The highest BCUT2D eigenvalue weighted by Crippen LogP contribution is 2.09. The van der Waals surface area contributed by atoms with Gasteiger partial charge >= 0.3 is 0 Å². The van der Waals surface area contributed by atoms with Gasteiger partial charge in [0.2, 0.25) is 0 Å². The molecule has 0 aliphatic heterocycles. The van der Waals surface area contributed by atoms with Gasteiger partial charge in [-0.2, -0.15) is 5.10 Å². The second kappa shape index (κ2) is 4.97. The van der Waals surface area contributed by atoms with Gasteiger partial charge in [0.25, 0.3) is 5.91 Å². The van der Waals surface area contributed by atoms with Crippen LogP contribution in [0.2, 0.25) is 0 Å². The summed E-state index contributed by atoms with van der Waals surface area (Å²) in [5.41, 5.74) is 3.69. The lowest BCUT2D eigenvalue weighted by atomic mass is 10.2. The summed E-state index contributed by atoms with van der Waals surface area (Å²) in [4.78, 5) is 16.9. The van der Waals surface area contributed by atoms with Crippen molar-refractivity contribution >= 4 is 11.4 Å². The quantitative estimate of drug-likeness (QED) is 0.817. The second-order valence-electron chi connectivity index (χ2n) is 4.22. The van der Waals surface area contributed by atoms with E-state index in [1.54, 1.807) is 10.7 Å². The molecule has 0 radical (unpaired) electrons. The summed E-state index contributed by atoms with van der Waals surface area (Å²) in [7, 11) is 0. The zero-order chi connectivity index (χ0) is 12.3. The molecule has 2 aromatic heterocycles. The monoisotopic (exact) mass is 233 g/mol. The standard InChI is InChI=1S/C12H15N3O2/c1-9(2)8-17-14-12(16)10-7-13-15-6-4-3-5-11(10)15/h3-7,9H,8H2,1-2H3,(H,14,16). The summed E-state index contributed by atoms with van der Waals surface area (Å²) >= 11 is 0. The number of carbonyl (C=O) groups excluding carboxylic acids is 1. The van der Waals surface area contributed by atoms with Crippen LogP contribution in [0.25, 0.3) is 5.52 Å². The molecule has 0 spiro atoms. The Kier molecular flexibility index (Phi) is 3.39. The van der Waals surface area contributed by atoms with Crippen LogP contribution in [-0.2, 0) is 4.84 Å². The largest absolute Gasteiger partial charge is 0.278 e. The van der Waals surface area contributed by atoms with Crippen LogP contribution in [0.5, 0.6) is 0 Å². The maximum absolute atomic E-state index is 11.8. The van der Waals surface area contributed by atoms with E-state index in [4.69, 9.17) is 4.84 Å². The first-order valence-electron chi connectivity index (χ1n) is 5.53. The molecule has 0 saturated carbocycles. The zero-order valence-electron chi connectivity index (χ0n) is 9.88. The molecule has 0 atom stereocenters. The Bertz CT molecular complexity index is 519. The van der Waals surface area contributed by atoms with Crippen molar-refractivity contribution in [3.63, 3.8) is 0 Å². The topological polar surface area (TPSA) is 55.6 Å². The number of nitrogens with zero attached hydrogens (tertiary/aromatic N) is 2. The Morgan fingerprint density at radius 3 is 3.12 bits per heavy atom. The Hall–Kier alpha value is -1.88. The van der Waals surface area contributed by atoms with Crippen LogP contribution in [0.3, 0.4) is 0 Å². The highest BCUT2D eigenvalue weighted by atomic mass is 16.6. The zero-order valence-corrected chi connectivity index (χ0v) is 9.88. The maximum Gasteiger partial charge on any atom is 0.278 e. The molecular formula is C12H15N3O2. The number of amides is 1. The lowest BCUT2D eigenvalue weighted by Gasteiger charge is -2.06. The van der Waals surface area contributed by atoms with E-state index >= 15 is 0 Å². The molecule has 0 fully saturated rings. The minimum absolute atomic E-state index is 0.271. The third-order valence-corrected chi connectivity index (χ3v) is 2.25. The van der Waals surface area contributed by atoms with Crippen molar-refractivity contribution in [1.29, 1.82) is 0 Å². The third-order valence-electron chi connectivity index (χ3n) is 2.25.